The van der Waals surface area contributed by atoms with Crippen LogP contribution in [0.3, 0.4) is 0 Å². The van der Waals surface area contributed by atoms with Gasteiger partial charge in [0.15, 0.2) is 0 Å². The maximum absolute atomic E-state index is 13.2. The molecule has 0 fully saturated rings. The van der Waals surface area contributed by atoms with Crippen LogP contribution in [0.1, 0.15) is 12.0 Å². The van der Waals surface area contributed by atoms with Gasteiger partial charge in [0.25, 0.3) is 0 Å². The summed E-state index contributed by atoms with van der Waals surface area (Å²) in [5.74, 6) is -0.613. The number of nitrogens with two attached hydrogens (primary N) is 1. The molecule has 0 saturated heterocycles. The first-order valence-corrected chi connectivity index (χ1v) is 7.25. The Morgan fingerprint density at radius 3 is 2.63 bits per heavy atom. The third-order valence-corrected chi connectivity index (χ3v) is 4.80. The maximum Gasteiger partial charge on any atom is 0.243 e. The number of ether oxygens (including phenoxy) is 1. The Bertz CT molecular complexity index is 546. The summed E-state index contributed by atoms with van der Waals surface area (Å²) in [4.78, 5) is 0.0336. The fourth-order valence-electron chi connectivity index (χ4n) is 1.67. The third-order valence-electron chi connectivity index (χ3n) is 2.80. The SMILES string of the molecule is COCCCN(C)S(=O)(=O)c1cc(N)c(F)cc1C. The van der Waals surface area contributed by atoms with E-state index in [1.54, 1.807) is 14.0 Å². The Morgan fingerprint density at radius 2 is 2.05 bits per heavy atom. The van der Waals surface area contributed by atoms with E-state index >= 15 is 0 Å². The predicted molar refractivity (Wildman–Crippen MR) is 71.9 cm³/mol. The second-order valence-electron chi connectivity index (χ2n) is 4.31. The van der Waals surface area contributed by atoms with Crippen LogP contribution in [0.15, 0.2) is 17.0 Å². The zero-order valence-electron chi connectivity index (χ0n) is 11.3. The quantitative estimate of drug-likeness (QED) is 0.634. The Kier molecular flexibility index (Phi) is 5.28. The first-order valence-electron chi connectivity index (χ1n) is 5.81. The Labute approximate surface area is 113 Å². The molecule has 0 aromatic heterocycles. The fourth-order valence-corrected chi connectivity index (χ4v) is 3.11. The van der Waals surface area contributed by atoms with Gasteiger partial charge in [0.05, 0.1) is 10.6 Å². The first kappa shape index (κ1) is 15.9. The second-order valence-corrected chi connectivity index (χ2v) is 6.33. The van der Waals surface area contributed by atoms with E-state index < -0.39 is 15.8 Å². The summed E-state index contributed by atoms with van der Waals surface area (Å²) in [6.45, 7) is 2.34. The fraction of sp³-hybridized carbons (Fsp3) is 0.500. The van der Waals surface area contributed by atoms with Crippen LogP contribution >= 0.6 is 0 Å². The normalized spacial score (nSPS) is 12.1. The summed E-state index contributed by atoms with van der Waals surface area (Å²) in [5.41, 5.74) is 5.60. The summed E-state index contributed by atoms with van der Waals surface area (Å²) >= 11 is 0. The van der Waals surface area contributed by atoms with Crippen molar-refractivity contribution < 1.29 is 17.5 Å². The van der Waals surface area contributed by atoms with E-state index in [0.29, 0.717) is 25.1 Å². The molecule has 0 radical (unpaired) electrons. The van der Waals surface area contributed by atoms with Gasteiger partial charge in [0.1, 0.15) is 5.82 Å². The van der Waals surface area contributed by atoms with Crippen molar-refractivity contribution in [3.8, 4) is 0 Å². The Morgan fingerprint density at radius 1 is 1.42 bits per heavy atom. The zero-order chi connectivity index (χ0) is 14.6. The van der Waals surface area contributed by atoms with Gasteiger partial charge < -0.3 is 10.5 Å². The lowest BCUT2D eigenvalue weighted by atomic mass is 10.2. The number of sulfonamides is 1. The van der Waals surface area contributed by atoms with E-state index in [1.165, 1.54) is 11.4 Å². The second kappa shape index (κ2) is 6.31. The third kappa shape index (κ3) is 3.65. The molecule has 0 unspecified atom stereocenters. The number of anilines is 1. The van der Waals surface area contributed by atoms with E-state index in [0.717, 1.165) is 12.1 Å². The number of rotatable bonds is 6. The number of halogens is 1. The molecule has 0 aliphatic heterocycles. The smallest absolute Gasteiger partial charge is 0.243 e. The summed E-state index contributed by atoms with van der Waals surface area (Å²) in [5, 5.41) is 0. The highest BCUT2D eigenvalue weighted by Gasteiger charge is 2.23. The van der Waals surface area contributed by atoms with Crippen LogP contribution in [-0.2, 0) is 14.8 Å². The lowest BCUT2D eigenvalue weighted by molar-refractivity contribution is 0.189. The highest BCUT2D eigenvalue weighted by molar-refractivity contribution is 7.89. The summed E-state index contributed by atoms with van der Waals surface area (Å²) in [7, 11) is -0.627. The molecule has 0 aliphatic carbocycles. The molecule has 0 spiro atoms. The zero-order valence-corrected chi connectivity index (χ0v) is 12.1. The molecule has 1 rings (SSSR count). The number of hydrogen-bond acceptors (Lipinski definition) is 4. The highest BCUT2D eigenvalue weighted by Crippen LogP contribution is 2.24. The minimum Gasteiger partial charge on any atom is -0.396 e. The number of nitrogens with zero attached hydrogens (tertiary/aromatic N) is 1. The lowest BCUT2D eigenvalue weighted by Crippen LogP contribution is -2.29. The first-order chi connectivity index (χ1) is 8.80. The van der Waals surface area contributed by atoms with Gasteiger partial charge in [-0.15, -0.1) is 0 Å². The van der Waals surface area contributed by atoms with Crippen LogP contribution in [-0.4, -0.2) is 40.0 Å². The van der Waals surface area contributed by atoms with Crippen molar-refractivity contribution >= 4 is 15.7 Å². The van der Waals surface area contributed by atoms with Crippen LogP contribution in [0.4, 0.5) is 10.1 Å². The molecule has 0 amide bonds. The minimum atomic E-state index is -3.66. The molecule has 0 saturated carbocycles. The highest BCUT2D eigenvalue weighted by atomic mass is 32.2. The minimum absolute atomic E-state index is 0.0336. The van der Waals surface area contributed by atoms with E-state index in [1.807, 2.05) is 0 Å². The molecule has 0 aliphatic rings. The number of nitrogen functional groups attached to an aromatic ring is 1. The van der Waals surface area contributed by atoms with Gasteiger partial charge in [-0.2, -0.15) is 0 Å². The molecule has 7 heteroatoms. The molecule has 5 nitrogen and oxygen atoms in total. The van der Waals surface area contributed by atoms with Crippen LogP contribution in [0.5, 0.6) is 0 Å². The average Bonchev–Trinajstić information content (AvgIpc) is 2.33. The Balaban J connectivity index is 3.03. The summed E-state index contributed by atoms with van der Waals surface area (Å²) in [6.07, 6.45) is 0.585. The predicted octanol–water partition coefficient (Wildman–Crippen LogP) is 1.37. The van der Waals surface area contributed by atoms with E-state index in [-0.39, 0.29) is 10.6 Å². The van der Waals surface area contributed by atoms with Crippen molar-refractivity contribution in [3.05, 3.63) is 23.5 Å². The number of methoxy groups -OCH3 is 1. The van der Waals surface area contributed by atoms with Crippen molar-refractivity contribution in [2.24, 2.45) is 0 Å². The van der Waals surface area contributed by atoms with Gasteiger partial charge in [-0.05, 0) is 31.0 Å². The van der Waals surface area contributed by atoms with Crippen LogP contribution < -0.4 is 5.73 Å². The van der Waals surface area contributed by atoms with E-state index in [9.17, 15) is 12.8 Å². The molecule has 0 bridgehead atoms. The summed E-state index contributed by atoms with van der Waals surface area (Å²) < 4.78 is 44.0. The van der Waals surface area contributed by atoms with Crippen molar-refractivity contribution in [1.82, 2.24) is 4.31 Å². The molecule has 108 valence electrons. The van der Waals surface area contributed by atoms with E-state index in [4.69, 9.17) is 10.5 Å². The lowest BCUT2D eigenvalue weighted by Gasteiger charge is -2.18. The van der Waals surface area contributed by atoms with Crippen molar-refractivity contribution in [1.29, 1.82) is 0 Å². The monoisotopic (exact) mass is 290 g/mol. The molecule has 0 atom stereocenters. The molecule has 0 heterocycles. The van der Waals surface area contributed by atoms with Crippen molar-refractivity contribution in [2.45, 2.75) is 18.2 Å². The Hall–Kier alpha value is -1.18. The number of benzene rings is 1. The summed E-state index contributed by atoms with van der Waals surface area (Å²) in [6, 6.07) is 2.29. The average molecular weight is 290 g/mol. The van der Waals surface area contributed by atoms with Gasteiger partial charge >= 0.3 is 0 Å². The maximum atomic E-state index is 13.2. The van der Waals surface area contributed by atoms with Crippen molar-refractivity contribution in [2.75, 3.05) is 33.0 Å². The largest absolute Gasteiger partial charge is 0.396 e. The standard InChI is InChI=1S/C12H19FN2O3S/c1-9-7-10(13)11(14)8-12(9)19(16,17)15(2)5-4-6-18-3/h7-8H,4-6,14H2,1-3H3. The van der Waals surface area contributed by atoms with E-state index in [2.05, 4.69) is 0 Å². The van der Waals surface area contributed by atoms with Crippen LogP contribution in [0, 0.1) is 12.7 Å². The number of hydrogen-bond donors (Lipinski definition) is 1. The van der Waals surface area contributed by atoms with Crippen LogP contribution in [0.25, 0.3) is 0 Å². The van der Waals surface area contributed by atoms with Crippen LogP contribution in [0.2, 0.25) is 0 Å². The molecular weight excluding hydrogens is 271 g/mol. The van der Waals surface area contributed by atoms with Gasteiger partial charge in [-0.3, -0.25) is 0 Å². The number of aryl methyl sites for hydroxylation is 1. The van der Waals surface area contributed by atoms with Gasteiger partial charge in [0, 0.05) is 27.3 Å². The van der Waals surface area contributed by atoms with Crippen molar-refractivity contribution in [3.63, 3.8) is 0 Å². The molecule has 1 aromatic carbocycles. The molecular formula is C12H19FN2O3S. The van der Waals surface area contributed by atoms with Gasteiger partial charge in [-0.25, -0.2) is 17.1 Å². The van der Waals surface area contributed by atoms with Gasteiger partial charge in [0.2, 0.25) is 10.0 Å². The molecule has 2 N–H and O–H groups in total. The van der Waals surface area contributed by atoms with Gasteiger partial charge in [-0.1, -0.05) is 0 Å². The molecule has 19 heavy (non-hydrogen) atoms. The topological polar surface area (TPSA) is 72.6 Å². The molecule has 1 aromatic rings.